The molecule has 0 bridgehead atoms. The van der Waals surface area contributed by atoms with Gasteiger partial charge in [-0.15, -0.1) is 0 Å². The van der Waals surface area contributed by atoms with Gasteiger partial charge in [-0.3, -0.25) is 0 Å². The molecule has 0 aromatic rings. The van der Waals surface area contributed by atoms with E-state index in [9.17, 15) is 9.59 Å². The summed E-state index contributed by atoms with van der Waals surface area (Å²) in [4.78, 5) is 22.9. The van der Waals surface area contributed by atoms with Gasteiger partial charge in [0.2, 0.25) is 0 Å². The number of unbranched alkanes of at least 4 members (excludes halogenated alkanes) is 2. The number of esters is 2. The van der Waals surface area contributed by atoms with E-state index in [0.717, 1.165) is 25.7 Å². The summed E-state index contributed by atoms with van der Waals surface area (Å²) in [6.45, 7) is 8.60. The Bertz CT molecular complexity index is 382. The number of carbonyl (C=O) groups is 2. The zero-order valence-electron chi connectivity index (χ0n) is 19.8. The highest BCUT2D eigenvalue weighted by Crippen LogP contribution is 1.90. The Morgan fingerprint density at radius 1 is 0.438 bits per heavy atom. The van der Waals surface area contributed by atoms with Gasteiger partial charge < -0.3 is 37.9 Å². The maximum absolute atomic E-state index is 11.5. The van der Waals surface area contributed by atoms with Gasteiger partial charge in [-0.2, -0.15) is 0 Å². The fourth-order valence-corrected chi connectivity index (χ4v) is 2.08. The molecule has 0 amide bonds. The zero-order valence-corrected chi connectivity index (χ0v) is 19.8. The minimum atomic E-state index is -0.437. The second kappa shape index (κ2) is 26.0. The molecule has 0 aromatic heterocycles. The minimum Gasteiger partial charge on any atom is -0.462 e. The first-order chi connectivity index (χ1) is 15.7. The molecule has 190 valence electrons. The third kappa shape index (κ3) is 25.0. The average molecular weight is 467 g/mol. The molecule has 10 nitrogen and oxygen atoms in total. The predicted molar refractivity (Wildman–Crippen MR) is 117 cm³/mol. The van der Waals surface area contributed by atoms with E-state index < -0.39 is 11.9 Å². The molecule has 0 unspecified atom stereocenters. The highest BCUT2D eigenvalue weighted by atomic mass is 16.6. The molecule has 0 saturated heterocycles. The lowest BCUT2D eigenvalue weighted by Gasteiger charge is -2.08. The van der Waals surface area contributed by atoms with Crippen LogP contribution in [-0.4, -0.2) is 104 Å². The summed E-state index contributed by atoms with van der Waals surface area (Å²) >= 11 is 0. The van der Waals surface area contributed by atoms with Crippen LogP contribution in [0.2, 0.25) is 0 Å². The Kier molecular flexibility index (Phi) is 24.9. The number of hydrogen-bond donors (Lipinski definition) is 0. The molecule has 0 aliphatic heterocycles. The Hall–Kier alpha value is -1.30. The number of rotatable bonds is 25. The summed E-state index contributed by atoms with van der Waals surface area (Å²) in [5.74, 6) is -0.874. The van der Waals surface area contributed by atoms with Gasteiger partial charge in [-0.05, 0) is 12.8 Å². The van der Waals surface area contributed by atoms with Crippen LogP contribution in [0.15, 0.2) is 0 Å². The molecule has 0 saturated carbocycles. The van der Waals surface area contributed by atoms with Crippen molar-refractivity contribution in [2.24, 2.45) is 0 Å². The van der Waals surface area contributed by atoms with Crippen LogP contribution in [-0.2, 0) is 47.5 Å². The van der Waals surface area contributed by atoms with Gasteiger partial charge in [0, 0.05) is 13.2 Å². The van der Waals surface area contributed by atoms with Crippen LogP contribution in [0.1, 0.15) is 39.5 Å². The van der Waals surface area contributed by atoms with Gasteiger partial charge >= 0.3 is 11.9 Å². The molecule has 10 heteroatoms. The van der Waals surface area contributed by atoms with Crippen LogP contribution < -0.4 is 0 Å². The predicted octanol–water partition coefficient (Wildman–Crippen LogP) is 1.77. The van der Waals surface area contributed by atoms with Crippen molar-refractivity contribution in [3.8, 4) is 0 Å². The summed E-state index contributed by atoms with van der Waals surface area (Å²) in [6, 6.07) is 0. The Balaban J connectivity index is 3.23. The molecule has 0 atom stereocenters. The van der Waals surface area contributed by atoms with Crippen molar-refractivity contribution < 1.29 is 47.5 Å². The van der Waals surface area contributed by atoms with E-state index in [4.69, 9.17) is 37.9 Å². The van der Waals surface area contributed by atoms with E-state index >= 15 is 0 Å². The smallest absolute Gasteiger partial charge is 0.332 e. The molecule has 32 heavy (non-hydrogen) atoms. The fraction of sp³-hybridized carbons (Fsp3) is 0.909. The normalized spacial score (nSPS) is 10.9. The number of ether oxygens (including phenoxy) is 8. The van der Waals surface area contributed by atoms with Crippen LogP contribution >= 0.6 is 0 Å². The van der Waals surface area contributed by atoms with Crippen LogP contribution in [0.3, 0.4) is 0 Å². The summed E-state index contributed by atoms with van der Waals surface area (Å²) in [5, 5.41) is 0. The van der Waals surface area contributed by atoms with Crippen molar-refractivity contribution in [2.75, 3.05) is 92.5 Å². The molecule has 0 rings (SSSR count). The second-order valence-corrected chi connectivity index (χ2v) is 6.70. The van der Waals surface area contributed by atoms with Crippen molar-refractivity contribution in [2.45, 2.75) is 39.5 Å². The Morgan fingerprint density at radius 2 is 0.750 bits per heavy atom. The largest absolute Gasteiger partial charge is 0.462 e. The van der Waals surface area contributed by atoms with E-state index in [-0.39, 0.29) is 39.6 Å². The first-order valence-electron chi connectivity index (χ1n) is 11.5. The molecule has 0 heterocycles. The molecule has 0 fully saturated rings. The van der Waals surface area contributed by atoms with Crippen LogP contribution in [0.4, 0.5) is 0 Å². The summed E-state index contributed by atoms with van der Waals surface area (Å²) < 4.78 is 41.5. The number of hydrogen-bond acceptors (Lipinski definition) is 10. The quantitative estimate of drug-likeness (QED) is 0.146. The monoisotopic (exact) mass is 466 g/mol. The molecule has 0 aliphatic rings. The summed E-state index contributed by atoms with van der Waals surface area (Å²) in [7, 11) is 0. The maximum atomic E-state index is 11.5. The van der Waals surface area contributed by atoms with Crippen LogP contribution in [0, 0.1) is 0 Å². The first-order valence-corrected chi connectivity index (χ1v) is 11.5. The zero-order chi connectivity index (χ0) is 23.5. The summed E-state index contributed by atoms with van der Waals surface area (Å²) in [6.07, 6.45) is 4.21. The van der Waals surface area contributed by atoms with Crippen LogP contribution in [0.5, 0.6) is 0 Å². The van der Waals surface area contributed by atoms with E-state index in [1.165, 1.54) is 0 Å². The fourth-order valence-electron chi connectivity index (χ4n) is 2.08. The first kappa shape index (κ1) is 30.7. The third-order valence-corrected chi connectivity index (χ3v) is 3.82. The average Bonchev–Trinajstić information content (AvgIpc) is 2.79. The summed E-state index contributed by atoms with van der Waals surface area (Å²) in [5.41, 5.74) is 0. The van der Waals surface area contributed by atoms with Crippen molar-refractivity contribution in [1.29, 1.82) is 0 Å². The van der Waals surface area contributed by atoms with E-state index in [0.29, 0.717) is 52.9 Å². The van der Waals surface area contributed by atoms with Gasteiger partial charge in [-0.25, -0.2) is 9.59 Å². The molecule has 0 aliphatic carbocycles. The van der Waals surface area contributed by atoms with Gasteiger partial charge in [0.25, 0.3) is 0 Å². The molecule has 0 spiro atoms. The van der Waals surface area contributed by atoms with Crippen molar-refractivity contribution >= 4 is 11.9 Å². The highest BCUT2D eigenvalue weighted by molar-refractivity contribution is 5.70. The van der Waals surface area contributed by atoms with Gasteiger partial charge in [0.15, 0.2) is 0 Å². The van der Waals surface area contributed by atoms with Crippen molar-refractivity contribution in [1.82, 2.24) is 0 Å². The second-order valence-electron chi connectivity index (χ2n) is 6.70. The number of carbonyl (C=O) groups excluding carboxylic acids is 2. The standard InChI is InChI=1S/C22H42O10/c1-3-5-7-25-11-13-29-19-21(23)31-17-15-27-9-10-28-16-18-32-22(24)20-30-14-12-26-8-6-4-2/h3-20H2,1-2H3. The molecular formula is C22H42O10. The third-order valence-electron chi connectivity index (χ3n) is 3.82. The van der Waals surface area contributed by atoms with Gasteiger partial charge in [0.05, 0.1) is 52.9 Å². The van der Waals surface area contributed by atoms with E-state index in [1.807, 2.05) is 0 Å². The minimum absolute atomic E-state index is 0.100. The molecular weight excluding hydrogens is 424 g/mol. The Morgan fingerprint density at radius 3 is 1.12 bits per heavy atom. The maximum Gasteiger partial charge on any atom is 0.332 e. The molecule has 0 aromatic carbocycles. The lowest BCUT2D eigenvalue weighted by atomic mass is 10.4. The van der Waals surface area contributed by atoms with Crippen LogP contribution in [0.25, 0.3) is 0 Å². The molecule has 0 radical (unpaired) electrons. The van der Waals surface area contributed by atoms with E-state index in [2.05, 4.69) is 13.8 Å². The SMILES string of the molecule is CCCCOCCOCC(=O)OCCOCCOCCOC(=O)COCCOCCCC. The van der Waals surface area contributed by atoms with E-state index in [1.54, 1.807) is 0 Å². The van der Waals surface area contributed by atoms with Crippen molar-refractivity contribution in [3.05, 3.63) is 0 Å². The highest BCUT2D eigenvalue weighted by Gasteiger charge is 2.04. The lowest BCUT2D eigenvalue weighted by Crippen LogP contribution is -2.19. The molecule has 0 N–H and O–H groups in total. The van der Waals surface area contributed by atoms with Crippen molar-refractivity contribution in [3.63, 3.8) is 0 Å². The van der Waals surface area contributed by atoms with Gasteiger partial charge in [-0.1, -0.05) is 26.7 Å². The van der Waals surface area contributed by atoms with Gasteiger partial charge in [0.1, 0.15) is 26.4 Å². The topological polar surface area (TPSA) is 108 Å². The Labute approximate surface area is 192 Å². The lowest BCUT2D eigenvalue weighted by molar-refractivity contribution is -0.152.